The third kappa shape index (κ3) is 3.95. The molecule has 1 saturated carbocycles. The molecule has 0 aromatic carbocycles. The summed E-state index contributed by atoms with van der Waals surface area (Å²) in [6, 6.07) is 4.51. The summed E-state index contributed by atoms with van der Waals surface area (Å²) in [5.74, 6) is 2.06. The fourth-order valence-electron chi connectivity index (χ4n) is 2.86. The number of aryl methyl sites for hydroxylation is 1. The van der Waals surface area contributed by atoms with E-state index in [9.17, 15) is 0 Å². The third-order valence-corrected chi connectivity index (χ3v) is 4.22. The smallest absolute Gasteiger partial charge is 0.129 e. The van der Waals surface area contributed by atoms with Crippen LogP contribution in [0.5, 0.6) is 0 Å². The Morgan fingerprint density at radius 1 is 1.30 bits per heavy atom. The Morgan fingerprint density at radius 2 is 2.10 bits per heavy atom. The molecule has 0 atom stereocenters. The van der Waals surface area contributed by atoms with Crippen LogP contribution in [0.15, 0.2) is 12.1 Å². The molecule has 0 bridgehead atoms. The molecular formula is C17H29N3. The summed E-state index contributed by atoms with van der Waals surface area (Å²) < 4.78 is 0. The fraction of sp³-hybridized carbons (Fsp3) is 0.706. The summed E-state index contributed by atoms with van der Waals surface area (Å²) in [5.41, 5.74) is 2.59. The highest BCUT2D eigenvalue weighted by Gasteiger charge is 2.21. The molecule has 112 valence electrons. The van der Waals surface area contributed by atoms with Gasteiger partial charge >= 0.3 is 0 Å². The molecule has 0 amide bonds. The van der Waals surface area contributed by atoms with Crippen molar-refractivity contribution in [2.75, 3.05) is 25.0 Å². The van der Waals surface area contributed by atoms with Crippen LogP contribution in [0.4, 0.5) is 5.82 Å². The molecule has 1 aliphatic rings. The number of nitrogens with zero attached hydrogens (tertiary/aromatic N) is 2. The van der Waals surface area contributed by atoms with Gasteiger partial charge in [-0.15, -0.1) is 0 Å². The predicted molar refractivity (Wildman–Crippen MR) is 86.2 cm³/mol. The van der Waals surface area contributed by atoms with Crippen molar-refractivity contribution in [1.82, 2.24) is 10.3 Å². The highest BCUT2D eigenvalue weighted by Crippen LogP contribution is 2.28. The minimum atomic E-state index is 0.888. The van der Waals surface area contributed by atoms with E-state index in [0.29, 0.717) is 0 Å². The summed E-state index contributed by atoms with van der Waals surface area (Å²) in [7, 11) is 2.01. The van der Waals surface area contributed by atoms with Crippen LogP contribution in [0.1, 0.15) is 50.8 Å². The summed E-state index contributed by atoms with van der Waals surface area (Å²) in [6.07, 6.45) is 6.44. The lowest BCUT2D eigenvalue weighted by molar-refractivity contribution is 0.318. The zero-order chi connectivity index (χ0) is 14.4. The van der Waals surface area contributed by atoms with Crippen LogP contribution >= 0.6 is 0 Å². The van der Waals surface area contributed by atoms with Gasteiger partial charge in [0, 0.05) is 25.3 Å². The minimum Gasteiger partial charge on any atom is -0.357 e. The van der Waals surface area contributed by atoms with Crippen LogP contribution in [0.2, 0.25) is 0 Å². The number of hydrogen-bond acceptors (Lipinski definition) is 3. The summed E-state index contributed by atoms with van der Waals surface area (Å²) in [5, 5.41) is 3.25. The maximum absolute atomic E-state index is 4.89. The van der Waals surface area contributed by atoms with Crippen LogP contribution in [-0.2, 0) is 13.0 Å². The van der Waals surface area contributed by atoms with Gasteiger partial charge in [0.2, 0.25) is 0 Å². The van der Waals surface area contributed by atoms with Crippen molar-refractivity contribution in [3.05, 3.63) is 23.4 Å². The first-order valence-electron chi connectivity index (χ1n) is 8.16. The first-order valence-corrected chi connectivity index (χ1v) is 8.16. The summed E-state index contributed by atoms with van der Waals surface area (Å²) in [4.78, 5) is 7.35. The van der Waals surface area contributed by atoms with Crippen molar-refractivity contribution in [2.45, 2.75) is 52.5 Å². The average Bonchev–Trinajstić information content (AvgIpc) is 2.38. The van der Waals surface area contributed by atoms with Gasteiger partial charge in [-0.2, -0.15) is 0 Å². The molecule has 0 saturated heterocycles. The van der Waals surface area contributed by atoms with E-state index in [2.05, 4.69) is 36.2 Å². The highest BCUT2D eigenvalue weighted by atomic mass is 15.2. The van der Waals surface area contributed by atoms with Crippen LogP contribution < -0.4 is 10.2 Å². The van der Waals surface area contributed by atoms with Crippen molar-refractivity contribution in [3.63, 3.8) is 0 Å². The molecule has 0 spiro atoms. The van der Waals surface area contributed by atoms with Gasteiger partial charge in [-0.1, -0.05) is 19.8 Å². The Bertz CT molecular complexity index is 388. The SMILES string of the molecule is CCCc1cc(CNC)cc(N(CC)CC2CCC2)n1. The zero-order valence-corrected chi connectivity index (χ0v) is 13.3. The number of rotatable bonds is 8. The van der Waals surface area contributed by atoms with Crippen LogP contribution in [-0.4, -0.2) is 25.1 Å². The van der Waals surface area contributed by atoms with Gasteiger partial charge < -0.3 is 10.2 Å². The largest absolute Gasteiger partial charge is 0.357 e. The van der Waals surface area contributed by atoms with Crippen LogP contribution in [0.3, 0.4) is 0 Å². The monoisotopic (exact) mass is 275 g/mol. The number of pyridine rings is 1. The lowest BCUT2D eigenvalue weighted by atomic mass is 9.85. The second kappa shape index (κ2) is 7.63. The van der Waals surface area contributed by atoms with Gasteiger partial charge in [0.05, 0.1) is 0 Å². The van der Waals surface area contributed by atoms with Crippen molar-refractivity contribution in [2.24, 2.45) is 5.92 Å². The second-order valence-corrected chi connectivity index (χ2v) is 5.94. The number of aromatic nitrogens is 1. The van der Waals surface area contributed by atoms with Gasteiger partial charge in [0.1, 0.15) is 5.82 Å². The molecule has 1 heterocycles. The van der Waals surface area contributed by atoms with E-state index in [0.717, 1.165) is 31.8 Å². The first kappa shape index (κ1) is 15.3. The molecule has 1 N–H and O–H groups in total. The molecule has 0 unspecified atom stereocenters. The predicted octanol–water partition coefficient (Wildman–Crippen LogP) is 3.38. The minimum absolute atomic E-state index is 0.888. The van der Waals surface area contributed by atoms with Crippen LogP contribution in [0, 0.1) is 5.92 Å². The molecule has 1 fully saturated rings. The van der Waals surface area contributed by atoms with Gasteiger partial charge in [0.25, 0.3) is 0 Å². The van der Waals surface area contributed by atoms with Crippen molar-refractivity contribution in [1.29, 1.82) is 0 Å². The molecule has 1 aliphatic carbocycles. The topological polar surface area (TPSA) is 28.2 Å². The molecule has 20 heavy (non-hydrogen) atoms. The molecule has 1 aromatic rings. The second-order valence-electron chi connectivity index (χ2n) is 5.94. The molecule has 0 aliphatic heterocycles. The Balaban J connectivity index is 2.16. The molecule has 3 nitrogen and oxygen atoms in total. The number of hydrogen-bond donors (Lipinski definition) is 1. The van der Waals surface area contributed by atoms with Crippen LogP contribution in [0.25, 0.3) is 0 Å². The zero-order valence-electron chi connectivity index (χ0n) is 13.3. The van der Waals surface area contributed by atoms with Gasteiger partial charge in [-0.25, -0.2) is 4.98 Å². The van der Waals surface area contributed by atoms with E-state index < -0.39 is 0 Å². The maximum atomic E-state index is 4.89. The number of nitrogens with one attached hydrogen (secondary N) is 1. The van der Waals surface area contributed by atoms with E-state index >= 15 is 0 Å². The first-order chi connectivity index (χ1) is 9.76. The Hall–Kier alpha value is -1.09. The molecular weight excluding hydrogens is 246 g/mol. The normalized spacial score (nSPS) is 15.2. The Kier molecular flexibility index (Phi) is 5.84. The highest BCUT2D eigenvalue weighted by molar-refractivity contribution is 5.43. The fourth-order valence-corrected chi connectivity index (χ4v) is 2.86. The lowest BCUT2D eigenvalue weighted by Gasteiger charge is -2.32. The van der Waals surface area contributed by atoms with Crippen molar-refractivity contribution >= 4 is 5.82 Å². The van der Waals surface area contributed by atoms with Gasteiger partial charge in [0.15, 0.2) is 0 Å². The summed E-state index contributed by atoms with van der Waals surface area (Å²) in [6.45, 7) is 7.62. The van der Waals surface area contributed by atoms with E-state index in [1.807, 2.05) is 7.05 Å². The van der Waals surface area contributed by atoms with Crippen molar-refractivity contribution < 1.29 is 0 Å². The van der Waals surface area contributed by atoms with E-state index in [1.165, 1.54) is 42.9 Å². The van der Waals surface area contributed by atoms with Gasteiger partial charge in [-0.05, 0) is 56.8 Å². The lowest BCUT2D eigenvalue weighted by Crippen LogP contribution is -2.33. The van der Waals surface area contributed by atoms with Gasteiger partial charge in [-0.3, -0.25) is 0 Å². The number of anilines is 1. The Labute approximate surface area is 123 Å². The molecule has 0 radical (unpaired) electrons. The average molecular weight is 275 g/mol. The van der Waals surface area contributed by atoms with E-state index in [1.54, 1.807) is 0 Å². The third-order valence-electron chi connectivity index (χ3n) is 4.22. The summed E-state index contributed by atoms with van der Waals surface area (Å²) >= 11 is 0. The van der Waals surface area contributed by atoms with Crippen molar-refractivity contribution in [3.8, 4) is 0 Å². The quantitative estimate of drug-likeness (QED) is 0.788. The Morgan fingerprint density at radius 3 is 2.65 bits per heavy atom. The standard InChI is InChI=1S/C17H29N3/c1-4-7-16-10-15(12-18-3)11-17(19-16)20(5-2)13-14-8-6-9-14/h10-11,14,18H,4-9,12-13H2,1-3H3. The molecule has 3 heteroatoms. The molecule has 1 aromatic heterocycles. The maximum Gasteiger partial charge on any atom is 0.129 e. The van der Waals surface area contributed by atoms with E-state index in [4.69, 9.17) is 4.98 Å². The van der Waals surface area contributed by atoms with E-state index in [-0.39, 0.29) is 0 Å². The molecule has 2 rings (SSSR count).